The van der Waals surface area contributed by atoms with Crippen molar-refractivity contribution >= 4 is 17.7 Å². The summed E-state index contributed by atoms with van der Waals surface area (Å²) in [6.07, 6.45) is 1.14. The average Bonchev–Trinajstić information content (AvgIpc) is 2.72. The molecule has 0 spiro atoms. The van der Waals surface area contributed by atoms with Gasteiger partial charge in [-0.25, -0.2) is 0 Å². The molecule has 100 valence electrons. The van der Waals surface area contributed by atoms with Crippen LogP contribution in [0.25, 0.3) is 0 Å². The number of hydrogen-bond acceptors (Lipinski definition) is 5. The van der Waals surface area contributed by atoms with Gasteiger partial charge in [0.15, 0.2) is 11.0 Å². The number of thioether (sulfide) groups is 1. The summed E-state index contributed by atoms with van der Waals surface area (Å²) in [7, 11) is 0. The first-order valence-electron chi connectivity index (χ1n) is 5.81. The smallest absolute Gasteiger partial charge is 0.313 e. The van der Waals surface area contributed by atoms with E-state index in [1.165, 1.54) is 0 Å². The summed E-state index contributed by atoms with van der Waals surface area (Å²) in [5, 5.41) is 26.3. The normalized spacial score (nSPS) is 20.9. The Hall–Kier alpha value is -1.08. The number of aromatic nitrogens is 3. The second-order valence-electron chi connectivity index (χ2n) is 5.24. The molecule has 1 aliphatic carbocycles. The molecule has 1 saturated carbocycles. The number of carbonyl (C=O) groups is 1. The second kappa shape index (κ2) is 4.89. The van der Waals surface area contributed by atoms with E-state index in [9.17, 15) is 9.90 Å². The van der Waals surface area contributed by atoms with Crippen molar-refractivity contribution in [1.29, 1.82) is 0 Å². The van der Waals surface area contributed by atoms with Crippen LogP contribution < -0.4 is 0 Å². The number of carboxylic acid groups (broad SMARTS) is 1. The topological polar surface area (TPSA) is 88.2 Å². The molecule has 1 unspecified atom stereocenters. The first-order chi connectivity index (χ1) is 8.44. The van der Waals surface area contributed by atoms with Crippen molar-refractivity contribution in [3.8, 4) is 0 Å². The number of nitrogens with zero attached hydrogens (tertiary/aromatic N) is 3. The number of aliphatic hydroxyl groups excluding tert-OH is 1. The predicted molar refractivity (Wildman–Crippen MR) is 66.2 cm³/mol. The molecule has 1 aromatic rings. The monoisotopic (exact) mass is 271 g/mol. The van der Waals surface area contributed by atoms with E-state index in [2.05, 4.69) is 24.0 Å². The van der Waals surface area contributed by atoms with E-state index < -0.39 is 5.97 Å². The molecule has 0 aliphatic heterocycles. The van der Waals surface area contributed by atoms with Crippen LogP contribution in [0, 0.1) is 11.3 Å². The van der Waals surface area contributed by atoms with E-state index in [1.54, 1.807) is 0 Å². The molecule has 1 fully saturated rings. The van der Waals surface area contributed by atoms with Crippen LogP contribution in [-0.4, -0.2) is 36.7 Å². The highest BCUT2D eigenvalue weighted by Crippen LogP contribution is 2.52. The third-order valence-electron chi connectivity index (χ3n) is 3.38. The van der Waals surface area contributed by atoms with Crippen molar-refractivity contribution in [3.63, 3.8) is 0 Å². The van der Waals surface area contributed by atoms with E-state index in [1.807, 2.05) is 4.57 Å². The Kier molecular flexibility index (Phi) is 3.63. The molecular formula is C11H17N3O3S. The molecular weight excluding hydrogens is 254 g/mol. The number of carboxylic acids is 1. The van der Waals surface area contributed by atoms with Gasteiger partial charge in [-0.3, -0.25) is 4.79 Å². The summed E-state index contributed by atoms with van der Waals surface area (Å²) in [5.41, 5.74) is 0.325. The van der Waals surface area contributed by atoms with E-state index >= 15 is 0 Å². The first kappa shape index (κ1) is 13.4. The maximum atomic E-state index is 10.6. The quantitative estimate of drug-likeness (QED) is 0.750. The number of aliphatic hydroxyl groups is 1. The highest BCUT2D eigenvalue weighted by molar-refractivity contribution is 7.99. The molecule has 0 bridgehead atoms. The van der Waals surface area contributed by atoms with Crippen molar-refractivity contribution in [3.05, 3.63) is 5.82 Å². The molecule has 0 saturated heterocycles. The van der Waals surface area contributed by atoms with Crippen molar-refractivity contribution in [2.24, 2.45) is 11.3 Å². The molecule has 18 heavy (non-hydrogen) atoms. The summed E-state index contributed by atoms with van der Waals surface area (Å²) >= 11 is 1.14. The molecule has 2 N–H and O–H groups in total. The van der Waals surface area contributed by atoms with Gasteiger partial charge in [0.05, 0.1) is 5.75 Å². The minimum absolute atomic E-state index is 0.0440. The highest BCUT2D eigenvalue weighted by atomic mass is 32.2. The lowest BCUT2D eigenvalue weighted by molar-refractivity contribution is -0.133. The van der Waals surface area contributed by atoms with Gasteiger partial charge in [0.25, 0.3) is 0 Å². The van der Waals surface area contributed by atoms with Crippen LogP contribution in [0.3, 0.4) is 0 Å². The number of aliphatic carboxylic acids is 1. The largest absolute Gasteiger partial charge is 0.481 e. The van der Waals surface area contributed by atoms with Crippen molar-refractivity contribution in [1.82, 2.24) is 14.8 Å². The Labute approximate surface area is 109 Å². The zero-order valence-corrected chi connectivity index (χ0v) is 11.3. The van der Waals surface area contributed by atoms with Gasteiger partial charge in [0.1, 0.15) is 6.61 Å². The molecule has 1 aromatic heterocycles. The minimum atomic E-state index is -0.883. The van der Waals surface area contributed by atoms with Gasteiger partial charge in [0, 0.05) is 6.54 Å². The Balaban J connectivity index is 2.10. The standard InChI is InChI=1S/C11H17N3O3S/c1-11(2)3-7(11)4-14-8(5-15)12-13-10(14)18-6-9(16)17/h7,15H,3-6H2,1-2H3,(H,16,17). The van der Waals surface area contributed by atoms with Crippen LogP contribution in [0.15, 0.2) is 5.16 Å². The van der Waals surface area contributed by atoms with Crippen LogP contribution in [0.4, 0.5) is 0 Å². The fourth-order valence-corrected chi connectivity index (χ4v) is 2.65. The minimum Gasteiger partial charge on any atom is -0.481 e. The molecule has 0 amide bonds. The van der Waals surface area contributed by atoms with Gasteiger partial charge < -0.3 is 14.8 Å². The lowest BCUT2D eigenvalue weighted by Gasteiger charge is -2.09. The van der Waals surface area contributed by atoms with Gasteiger partial charge in [-0.1, -0.05) is 25.6 Å². The zero-order valence-electron chi connectivity index (χ0n) is 10.5. The van der Waals surface area contributed by atoms with Crippen LogP contribution >= 0.6 is 11.8 Å². The Morgan fingerprint density at radius 3 is 2.72 bits per heavy atom. The molecule has 1 heterocycles. The van der Waals surface area contributed by atoms with E-state index in [4.69, 9.17) is 5.11 Å². The summed E-state index contributed by atoms with van der Waals surface area (Å²) in [6, 6.07) is 0. The fourth-order valence-electron chi connectivity index (χ4n) is 1.96. The second-order valence-corrected chi connectivity index (χ2v) is 6.18. The molecule has 1 atom stereocenters. The van der Waals surface area contributed by atoms with Crippen molar-refractivity contribution in [2.45, 2.75) is 38.6 Å². The van der Waals surface area contributed by atoms with Gasteiger partial charge in [-0.2, -0.15) is 0 Å². The molecule has 1 aliphatic rings. The lowest BCUT2D eigenvalue weighted by atomic mass is 10.1. The Bertz CT molecular complexity index is 458. The summed E-state index contributed by atoms with van der Waals surface area (Å²) in [4.78, 5) is 10.6. The first-order valence-corrected chi connectivity index (χ1v) is 6.80. The van der Waals surface area contributed by atoms with Crippen LogP contribution in [0.2, 0.25) is 0 Å². The SMILES string of the molecule is CC1(C)CC1Cn1c(CO)nnc1SCC(=O)O. The third-order valence-corrected chi connectivity index (χ3v) is 4.33. The Morgan fingerprint density at radius 2 is 2.22 bits per heavy atom. The summed E-state index contributed by atoms with van der Waals surface area (Å²) < 4.78 is 1.84. The average molecular weight is 271 g/mol. The highest BCUT2D eigenvalue weighted by Gasteiger charge is 2.46. The van der Waals surface area contributed by atoms with E-state index in [0.717, 1.165) is 24.7 Å². The molecule has 6 nitrogen and oxygen atoms in total. The maximum Gasteiger partial charge on any atom is 0.313 e. The van der Waals surface area contributed by atoms with Crippen LogP contribution in [0.5, 0.6) is 0 Å². The fraction of sp³-hybridized carbons (Fsp3) is 0.727. The molecule has 2 rings (SSSR count). The maximum absolute atomic E-state index is 10.6. The number of rotatable bonds is 6. The van der Waals surface area contributed by atoms with E-state index in [0.29, 0.717) is 22.3 Å². The van der Waals surface area contributed by atoms with E-state index in [-0.39, 0.29) is 12.4 Å². The molecule has 0 aromatic carbocycles. The molecule has 0 radical (unpaired) electrons. The van der Waals surface area contributed by atoms with Gasteiger partial charge in [-0.15, -0.1) is 10.2 Å². The van der Waals surface area contributed by atoms with Crippen molar-refractivity contribution < 1.29 is 15.0 Å². The lowest BCUT2D eigenvalue weighted by Crippen LogP contribution is -2.10. The van der Waals surface area contributed by atoms with Gasteiger partial charge in [0.2, 0.25) is 0 Å². The van der Waals surface area contributed by atoms with Crippen molar-refractivity contribution in [2.75, 3.05) is 5.75 Å². The van der Waals surface area contributed by atoms with Crippen LogP contribution in [0.1, 0.15) is 26.1 Å². The Morgan fingerprint density at radius 1 is 1.56 bits per heavy atom. The summed E-state index contributed by atoms with van der Waals surface area (Å²) in [6.45, 7) is 4.97. The zero-order chi connectivity index (χ0) is 13.3. The predicted octanol–water partition coefficient (Wildman–Crippen LogP) is 0.993. The summed E-state index contributed by atoms with van der Waals surface area (Å²) in [5.74, 6) is 0.123. The number of hydrogen-bond donors (Lipinski definition) is 2. The third kappa shape index (κ3) is 2.84. The van der Waals surface area contributed by atoms with Gasteiger partial charge >= 0.3 is 5.97 Å². The molecule has 7 heteroatoms. The van der Waals surface area contributed by atoms with Crippen LogP contribution in [-0.2, 0) is 17.9 Å². The van der Waals surface area contributed by atoms with Gasteiger partial charge in [-0.05, 0) is 17.8 Å².